The van der Waals surface area contributed by atoms with Crippen molar-refractivity contribution in [2.75, 3.05) is 0 Å². The number of hydrogen-bond acceptors (Lipinski definition) is 0. The van der Waals surface area contributed by atoms with Crippen molar-refractivity contribution in [3.63, 3.8) is 0 Å². The molecule has 0 amide bonds. The minimum absolute atomic E-state index is 0.462. The fourth-order valence-electron chi connectivity index (χ4n) is 1.03. The Morgan fingerprint density at radius 3 is 2.09 bits per heavy atom. The number of allylic oxidation sites excluding steroid dienone is 4. The molecule has 0 bridgehead atoms. The van der Waals surface area contributed by atoms with Gasteiger partial charge in [-0.3, -0.25) is 0 Å². The second kappa shape index (κ2) is 5.60. The zero-order chi connectivity index (χ0) is 8.91. The first kappa shape index (κ1) is 12.0. The van der Waals surface area contributed by atoms with Gasteiger partial charge in [-0.15, -0.1) is 0 Å². The quantitative estimate of drug-likeness (QED) is 0.573. The van der Waals surface area contributed by atoms with Gasteiger partial charge >= 0.3 is 35.6 Å². The zero-order valence-electron chi connectivity index (χ0n) is 6.99. The van der Waals surface area contributed by atoms with E-state index in [-0.39, 0.29) is 0 Å². The average Bonchev–Trinajstić information content (AvgIpc) is 2.11. The minimum atomic E-state index is -0.556. The molecule has 0 aliphatic heterocycles. The Labute approximate surface area is 88.1 Å². The molecule has 11 heavy (non-hydrogen) atoms. The summed E-state index contributed by atoms with van der Waals surface area (Å²) in [5.74, 6) is 0. The Balaban J connectivity index is 0.000000292. The molecular weight excluding hydrogens is 231 g/mol. The molecule has 0 nitrogen and oxygen atoms in total. The van der Waals surface area contributed by atoms with Crippen LogP contribution in [0.4, 0.5) is 0 Å². The fraction of sp³-hybridized carbons (Fsp3) is 0.429. The van der Waals surface area contributed by atoms with Crippen LogP contribution in [0.25, 0.3) is 0 Å². The van der Waals surface area contributed by atoms with E-state index in [4.69, 9.17) is 18.6 Å². The van der Waals surface area contributed by atoms with E-state index in [1.54, 1.807) is 0 Å². The molecule has 1 unspecified atom stereocenters. The van der Waals surface area contributed by atoms with Crippen LogP contribution in [-0.2, 0) is 17.0 Å². The van der Waals surface area contributed by atoms with Gasteiger partial charge in [-0.05, 0) is 12.0 Å². The van der Waals surface area contributed by atoms with Gasteiger partial charge in [0.05, 0.1) is 0 Å². The third kappa shape index (κ3) is 6.18. The maximum absolute atomic E-state index is 4.89. The molecule has 0 heterocycles. The molecule has 0 aromatic heterocycles. The molecule has 62 valence electrons. The van der Waals surface area contributed by atoms with E-state index in [2.05, 4.69) is 32.1 Å². The summed E-state index contributed by atoms with van der Waals surface area (Å²) in [5, 5.41) is 0.462. The summed E-state index contributed by atoms with van der Waals surface area (Å²) in [5.41, 5.74) is 1.42. The molecule has 0 radical (unpaired) electrons. The SMILES string of the molecule is CC1=CC(C)([SiH3])C=C1.[Cl][Ti][Cl]. The Morgan fingerprint density at radius 1 is 1.55 bits per heavy atom. The van der Waals surface area contributed by atoms with Crippen molar-refractivity contribution in [1.82, 2.24) is 0 Å². The molecule has 0 fully saturated rings. The first-order valence-corrected chi connectivity index (χ1v) is 8.66. The topological polar surface area (TPSA) is 0 Å². The first-order valence-electron chi connectivity index (χ1n) is 3.37. The maximum atomic E-state index is 4.89. The number of halogens is 2. The van der Waals surface area contributed by atoms with E-state index in [0.29, 0.717) is 5.04 Å². The van der Waals surface area contributed by atoms with Crippen molar-refractivity contribution in [2.24, 2.45) is 0 Å². The van der Waals surface area contributed by atoms with E-state index in [1.165, 1.54) is 15.8 Å². The van der Waals surface area contributed by atoms with Gasteiger partial charge < -0.3 is 0 Å². The summed E-state index contributed by atoms with van der Waals surface area (Å²) in [6, 6.07) is 0. The second-order valence-corrected chi connectivity index (χ2v) is 7.85. The Bertz CT molecular complexity index is 175. The molecule has 0 N–H and O–H groups in total. The molecule has 0 spiro atoms. The van der Waals surface area contributed by atoms with Crippen LogP contribution in [-0.4, -0.2) is 10.2 Å². The van der Waals surface area contributed by atoms with Gasteiger partial charge in [0, 0.05) is 10.2 Å². The molecule has 0 aromatic rings. The van der Waals surface area contributed by atoms with Gasteiger partial charge in [0.25, 0.3) is 0 Å². The summed E-state index contributed by atoms with van der Waals surface area (Å²) in [7, 11) is 11.0. The van der Waals surface area contributed by atoms with Gasteiger partial charge in [-0.1, -0.05) is 30.7 Å². The molecule has 0 saturated carbocycles. The van der Waals surface area contributed by atoms with Crippen LogP contribution in [0.5, 0.6) is 0 Å². The average molecular weight is 243 g/mol. The van der Waals surface area contributed by atoms with Gasteiger partial charge in [0.2, 0.25) is 0 Å². The first-order chi connectivity index (χ1) is 5.02. The van der Waals surface area contributed by atoms with E-state index in [1.807, 2.05) is 0 Å². The normalized spacial score (nSPS) is 27.5. The summed E-state index contributed by atoms with van der Waals surface area (Å²) < 4.78 is 0. The third-order valence-electron chi connectivity index (χ3n) is 1.38. The predicted octanol–water partition coefficient (Wildman–Crippen LogP) is 2.42. The van der Waals surface area contributed by atoms with Gasteiger partial charge in [-0.2, -0.15) is 0 Å². The van der Waals surface area contributed by atoms with E-state index in [0.717, 1.165) is 0 Å². The van der Waals surface area contributed by atoms with Crippen LogP contribution >= 0.6 is 18.6 Å². The molecular formula is C7H12Cl2SiTi. The van der Waals surface area contributed by atoms with Crippen LogP contribution in [0.2, 0.25) is 5.04 Å². The molecule has 4 heteroatoms. The standard InChI is InChI=1S/C7H12Si.2ClH.Ti/c1-6-3-4-7(2,8)5-6;;;/h3-5H,1-2,8H3;2*1H;/q;;;+2/p-2. The van der Waals surface area contributed by atoms with Crippen molar-refractivity contribution in [1.29, 1.82) is 0 Å². The van der Waals surface area contributed by atoms with Crippen LogP contribution < -0.4 is 0 Å². The molecule has 1 rings (SSSR count). The monoisotopic (exact) mass is 242 g/mol. The Kier molecular flexibility index (Phi) is 6.11. The van der Waals surface area contributed by atoms with Crippen LogP contribution in [0.15, 0.2) is 23.8 Å². The van der Waals surface area contributed by atoms with Gasteiger partial charge in [-0.25, -0.2) is 0 Å². The zero-order valence-corrected chi connectivity index (χ0v) is 12.1. The van der Waals surface area contributed by atoms with Crippen molar-refractivity contribution >= 4 is 28.9 Å². The third-order valence-corrected chi connectivity index (χ3v) is 2.00. The Morgan fingerprint density at radius 2 is 2.00 bits per heavy atom. The van der Waals surface area contributed by atoms with Crippen molar-refractivity contribution in [3.8, 4) is 0 Å². The van der Waals surface area contributed by atoms with Crippen LogP contribution in [0, 0.1) is 0 Å². The van der Waals surface area contributed by atoms with Crippen molar-refractivity contribution in [3.05, 3.63) is 23.8 Å². The number of hydrogen-bond donors (Lipinski definition) is 0. The summed E-state index contributed by atoms with van der Waals surface area (Å²) in [4.78, 5) is 0. The van der Waals surface area contributed by atoms with E-state index < -0.39 is 17.0 Å². The number of rotatable bonds is 0. The van der Waals surface area contributed by atoms with Gasteiger partial charge in [0.15, 0.2) is 0 Å². The molecule has 1 aliphatic rings. The molecule has 1 atom stereocenters. The van der Waals surface area contributed by atoms with Crippen LogP contribution in [0.1, 0.15) is 13.8 Å². The fourth-order valence-corrected chi connectivity index (χ4v) is 1.65. The summed E-state index contributed by atoms with van der Waals surface area (Å²) in [6.07, 6.45) is 6.82. The predicted molar refractivity (Wildman–Crippen MR) is 52.9 cm³/mol. The van der Waals surface area contributed by atoms with E-state index in [9.17, 15) is 0 Å². The van der Waals surface area contributed by atoms with Gasteiger partial charge in [0.1, 0.15) is 0 Å². The van der Waals surface area contributed by atoms with E-state index >= 15 is 0 Å². The summed E-state index contributed by atoms with van der Waals surface area (Å²) >= 11 is -0.556. The molecule has 0 aromatic carbocycles. The Hall–Kier alpha value is 0.991. The molecule has 0 saturated heterocycles. The molecule has 1 aliphatic carbocycles. The summed E-state index contributed by atoms with van der Waals surface area (Å²) in [6.45, 7) is 4.42. The van der Waals surface area contributed by atoms with Crippen LogP contribution in [0.3, 0.4) is 0 Å². The van der Waals surface area contributed by atoms with Crippen molar-refractivity contribution in [2.45, 2.75) is 18.9 Å². The van der Waals surface area contributed by atoms with Crippen molar-refractivity contribution < 1.29 is 17.0 Å². The second-order valence-electron chi connectivity index (χ2n) is 3.11.